The van der Waals surface area contributed by atoms with Crippen LogP contribution in [0.15, 0.2) is 94.9 Å². The van der Waals surface area contributed by atoms with Crippen LogP contribution in [0.25, 0.3) is 0 Å². The molecule has 146 valence electrons. The van der Waals surface area contributed by atoms with Crippen molar-refractivity contribution >= 4 is 15.5 Å². The predicted molar refractivity (Wildman–Crippen MR) is 110 cm³/mol. The third-order valence-electron chi connectivity index (χ3n) is 3.97. The number of para-hydroxylation sites is 1. The maximum Gasteiger partial charge on any atom is 0.218 e. The molecule has 6 nitrogen and oxygen atoms in total. The van der Waals surface area contributed by atoms with E-state index in [1.807, 2.05) is 30.3 Å². The van der Waals surface area contributed by atoms with E-state index in [2.05, 4.69) is 5.32 Å². The predicted octanol–water partition coefficient (Wildman–Crippen LogP) is 4.74. The minimum absolute atomic E-state index is 0.0134. The first kappa shape index (κ1) is 20.0. The first-order valence-corrected chi connectivity index (χ1v) is 10.1. The maximum atomic E-state index is 12.6. The summed E-state index contributed by atoms with van der Waals surface area (Å²) in [4.78, 5) is -0.383. The zero-order valence-corrected chi connectivity index (χ0v) is 16.4. The minimum Gasteiger partial charge on any atom is -0.497 e. The molecule has 0 radical (unpaired) electrons. The molecule has 3 rings (SSSR count). The molecule has 0 aliphatic carbocycles. The number of nitrogens with one attached hydrogen (secondary N) is 1. The summed E-state index contributed by atoms with van der Waals surface area (Å²) in [5.41, 5.74) is 0.614. The summed E-state index contributed by atoms with van der Waals surface area (Å²) >= 11 is 0. The van der Waals surface area contributed by atoms with Gasteiger partial charge in [-0.25, -0.2) is 8.42 Å². The number of allylic oxidation sites excluding steroid dienone is 1. The molecule has 0 aliphatic heterocycles. The summed E-state index contributed by atoms with van der Waals surface area (Å²) in [5, 5.41) is 12.2. The van der Waals surface area contributed by atoms with Gasteiger partial charge >= 0.3 is 0 Å². The highest BCUT2D eigenvalue weighted by atomic mass is 32.2. The molecule has 0 bridgehead atoms. The number of benzene rings is 3. The van der Waals surface area contributed by atoms with Gasteiger partial charge in [-0.1, -0.05) is 18.2 Å². The van der Waals surface area contributed by atoms with E-state index in [1.165, 1.54) is 37.6 Å². The highest BCUT2D eigenvalue weighted by Gasteiger charge is 2.20. The summed E-state index contributed by atoms with van der Waals surface area (Å²) in [6.45, 7) is 0. The Bertz CT molecular complexity index is 1130. The van der Waals surface area contributed by atoms with Crippen LogP contribution in [-0.2, 0) is 9.84 Å². The molecule has 0 aliphatic rings. The number of ether oxygens (including phenoxy) is 2. The van der Waals surface area contributed by atoms with Crippen LogP contribution < -0.4 is 14.8 Å². The van der Waals surface area contributed by atoms with Gasteiger partial charge in [0.1, 0.15) is 23.3 Å². The van der Waals surface area contributed by atoms with E-state index in [4.69, 9.17) is 9.47 Å². The number of hydrogen-bond donors (Lipinski definition) is 1. The SMILES string of the molecule is COc1ccc(S(=O)(=O)/C(C#N)=C\Nc2ccc(Oc3ccccc3)cc2)cc1. The number of sulfone groups is 1. The van der Waals surface area contributed by atoms with Crippen molar-refractivity contribution in [3.8, 4) is 23.3 Å². The molecule has 0 aromatic heterocycles. The standard InChI is InChI=1S/C22H18N2O4S/c1-27-18-11-13-21(14-12-18)29(25,26)22(15-23)16-24-17-7-9-20(10-8-17)28-19-5-3-2-4-6-19/h2-14,16,24H,1H3/b22-16-. The third kappa shape index (κ3) is 4.94. The van der Waals surface area contributed by atoms with Gasteiger partial charge in [0.2, 0.25) is 9.84 Å². The lowest BCUT2D eigenvalue weighted by atomic mass is 10.3. The van der Waals surface area contributed by atoms with Gasteiger partial charge in [-0.3, -0.25) is 0 Å². The van der Waals surface area contributed by atoms with E-state index >= 15 is 0 Å². The molecule has 0 saturated carbocycles. The van der Waals surface area contributed by atoms with E-state index in [1.54, 1.807) is 30.3 Å². The molecule has 7 heteroatoms. The molecule has 0 heterocycles. The third-order valence-corrected chi connectivity index (χ3v) is 5.65. The number of rotatable bonds is 7. The number of anilines is 1. The largest absolute Gasteiger partial charge is 0.497 e. The normalized spacial score (nSPS) is 11.4. The van der Waals surface area contributed by atoms with Crippen molar-refractivity contribution in [1.82, 2.24) is 0 Å². The van der Waals surface area contributed by atoms with Crippen molar-refractivity contribution in [1.29, 1.82) is 5.26 Å². The lowest BCUT2D eigenvalue weighted by Gasteiger charge is -2.08. The van der Waals surface area contributed by atoms with E-state index in [-0.39, 0.29) is 4.90 Å². The molecular weight excluding hydrogens is 388 g/mol. The lowest BCUT2D eigenvalue weighted by Crippen LogP contribution is -2.05. The summed E-state index contributed by atoms with van der Waals surface area (Å²) in [5.74, 6) is 1.88. The summed E-state index contributed by atoms with van der Waals surface area (Å²) < 4.78 is 36.0. The van der Waals surface area contributed by atoms with Crippen LogP contribution in [0.2, 0.25) is 0 Å². The Morgan fingerprint density at radius 1 is 0.897 bits per heavy atom. The fourth-order valence-corrected chi connectivity index (χ4v) is 3.53. The van der Waals surface area contributed by atoms with Crippen LogP contribution in [0.5, 0.6) is 17.2 Å². The van der Waals surface area contributed by atoms with E-state index in [9.17, 15) is 13.7 Å². The van der Waals surface area contributed by atoms with Gasteiger partial charge in [0.15, 0.2) is 4.91 Å². The molecule has 0 fully saturated rings. The van der Waals surface area contributed by atoms with Gasteiger partial charge in [0, 0.05) is 11.9 Å². The molecule has 0 saturated heterocycles. The van der Waals surface area contributed by atoms with Crippen molar-refractivity contribution in [3.05, 3.63) is 90.0 Å². The first-order valence-electron chi connectivity index (χ1n) is 8.62. The molecule has 0 unspecified atom stereocenters. The monoisotopic (exact) mass is 406 g/mol. The van der Waals surface area contributed by atoms with E-state index in [0.29, 0.717) is 22.9 Å². The summed E-state index contributed by atoms with van der Waals surface area (Å²) in [6.07, 6.45) is 1.17. The molecule has 0 atom stereocenters. The Balaban J connectivity index is 1.73. The zero-order valence-electron chi connectivity index (χ0n) is 15.6. The fraction of sp³-hybridized carbons (Fsp3) is 0.0455. The van der Waals surface area contributed by atoms with Crippen LogP contribution in [0.3, 0.4) is 0 Å². The Hall–Kier alpha value is -3.76. The Morgan fingerprint density at radius 3 is 2.07 bits per heavy atom. The topological polar surface area (TPSA) is 88.4 Å². The number of hydrogen-bond acceptors (Lipinski definition) is 6. The van der Waals surface area contributed by atoms with Crippen molar-refractivity contribution in [2.45, 2.75) is 4.90 Å². The maximum absolute atomic E-state index is 12.6. The fourth-order valence-electron chi connectivity index (χ4n) is 2.44. The lowest BCUT2D eigenvalue weighted by molar-refractivity contribution is 0.414. The number of nitrogens with zero attached hydrogens (tertiary/aromatic N) is 1. The molecular formula is C22H18N2O4S. The highest BCUT2D eigenvalue weighted by Crippen LogP contribution is 2.24. The molecule has 29 heavy (non-hydrogen) atoms. The van der Waals surface area contributed by atoms with Gasteiger partial charge < -0.3 is 14.8 Å². The smallest absolute Gasteiger partial charge is 0.218 e. The van der Waals surface area contributed by atoms with Crippen LogP contribution in [0.4, 0.5) is 5.69 Å². The quantitative estimate of drug-likeness (QED) is 0.570. The average Bonchev–Trinajstić information content (AvgIpc) is 2.76. The molecule has 0 spiro atoms. The first-order chi connectivity index (χ1) is 14.0. The minimum atomic E-state index is -3.94. The van der Waals surface area contributed by atoms with Crippen molar-refractivity contribution in [3.63, 3.8) is 0 Å². The summed E-state index contributed by atoms with van der Waals surface area (Å²) in [6, 6.07) is 23.9. The van der Waals surface area contributed by atoms with Gasteiger partial charge in [-0.05, 0) is 60.7 Å². The molecule has 1 N–H and O–H groups in total. The van der Waals surface area contributed by atoms with Crippen molar-refractivity contribution in [2.24, 2.45) is 0 Å². The van der Waals surface area contributed by atoms with E-state index in [0.717, 1.165) is 0 Å². The van der Waals surface area contributed by atoms with Crippen molar-refractivity contribution in [2.75, 3.05) is 12.4 Å². The number of methoxy groups -OCH3 is 1. The average molecular weight is 406 g/mol. The van der Waals surface area contributed by atoms with Crippen LogP contribution in [0, 0.1) is 11.3 Å². The molecule has 3 aromatic rings. The van der Waals surface area contributed by atoms with Crippen molar-refractivity contribution < 1.29 is 17.9 Å². The second kappa shape index (κ2) is 8.95. The Morgan fingerprint density at radius 2 is 1.48 bits per heavy atom. The van der Waals surface area contributed by atoms with E-state index < -0.39 is 14.7 Å². The molecule has 3 aromatic carbocycles. The number of nitriles is 1. The zero-order chi connectivity index (χ0) is 20.7. The Labute approximate surface area is 169 Å². The van der Waals surface area contributed by atoms with Gasteiger partial charge in [0.25, 0.3) is 0 Å². The van der Waals surface area contributed by atoms with Gasteiger partial charge in [-0.15, -0.1) is 0 Å². The van der Waals surface area contributed by atoms with Crippen LogP contribution in [-0.4, -0.2) is 15.5 Å². The second-order valence-corrected chi connectivity index (χ2v) is 7.80. The molecule has 0 amide bonds. The van der Waals surface area contributed by atoms with Crippen LogP contribution in [0.1, 0.15) is 0 Å². The highest BCUT2D eigenvalue weighted by molar-refractivity contribution is 7.95. The Kier molecular flexibility index (Phi) is 6.17. The van der Waals surface area contributed by atoms with Crippen LogP contribution >= 0.6 is 0 Å². The van der Waals surface area contributed by atoms with Gasteiger partial charge in [0.05, 0.1) is 12.0 Å². The summed E-state index contributed by atoms with van der Waals surface area (Å²) in [7, 11) is -2.45. The second-order valence-electron chi connectivity index (χ2n) is 5.88. The van der Waals surface area contributed by atoms with Gasteiger partial charge in [-0.2, -0.15) is 5.26 Å².